The molecule has 5 nitrogen and oxygen atoms in total. The van der Waals surface area contributed by atoms with Crippen LogP contribution in [0.4, 0.5) is 4.39 Å². The number of nitrogens with one attached hydrogen (secondary N) is 2. The predicted molar refractivity (Wildman–Crippen MR) is 112 cm³/mol. The molecule has 2 N–H and O–H groups in total. The van der Waals surface area contributed by atoms with Crippen LogP contribution in [-0.2, 0) is 6.42 Å². The second-order valence-corrected chi connectivity index (χ2v) is 7.86. The first-order valence-electron chi connectivity index (χ1n) is 8.95. The maximum absolute atomic E-state index is 13.0. The molecule has 8 heteroatoms. The highest BCUT2D eigenvalue weighted by molar-refractivity contribution is 7.13. The van der Waals surface area contributed by atoms with Gasteiger partial charge in [-0.2, -0.15) is 0 Å². The topological polar surface area (TPSA) is 71.1 Å². The van der Waals surface area contributed by atoms with E-state index in [9.17, 15) is 14.0 Å². The number of thiazole rings is 1. The van der Waals surface area contributed by atoms with Crippen LogP contribution in [0, 0.1) is 12.7 Å². The number of aryl methyl sites for hydroxylation is 1. The van der Waals surface area contributed by atoms with Crippen LogP contribution in [0.2, 0.25) is 5.02 Å². The van der Waals surface area contributed by atoms with Gasteiger partial charge in [0.1, 0.15) is 10.7 Å². The first-order valence-corrected chi connectivity index (χ1v) is 10.1. The van der Waals surface area contributed by atoms with Crippen LogP contribution < -0.4 is 10.6 Å². The van der Waals surface area contributed by atoms with E-state index >= 15 is 0 Å². The second kappa shape index (κ2) is 9.62. The third-order valence-electron chi connectivity index (χ3n) is 4.12. The average Bonchev–Trinajstić information content (AvgIpc) is 3.07. The average molecular weight is 432 g/mol. The van der Waals surface area contributed by atoms with Gasteiger partial charge in [0, 0.05) is 30.1 Å². The molecule has 1 heterocycles. The van der Waals surface area contributed by atoms with E-state index in [1.54, 1.807) is 43.3 Å². The van der Waals surface area contributed by atoms with Crippen molar-refractivity contribution < 1.29 is 14.0 Å². The minimum atomic E-state index is -0.285. The molecule has 0 radical (unpaired) electrons. The van der Waals surface area contributed by atoms with E-state index in [0.29, 0.717) is 40.7 Å². The summed E-state index contributed by atoms with van der Waals surface area (Å²) in [5.74, 6) is -0.746. The highest BCUT2D eigenvalue weighted by atomic mass is 35.5. The molecule has 3 rings (SSSR count). The number of carbonyl (C=O) groups excluding carboxylic acids is 2. The van der Waals surface area contributed by atoms with Crippen LogP contribution in [0.15, 0.2) is 48.5 Å². The molecule has 0 atom stereocenters. The van der Waals surface area contributed by atoms with Crippen molar-refractivity contribution in [1.29, 1.82) is 0 Å². The first-order chi connectivity index (χ1) is 13.9. The van der Waals surface area contributed by atoms with Crippen LogP contribution in [0.1, 0.15) is 36.3 Å². The van der Waals surface area contributed by atoms with Gasteiger partial charge < -0.3 is 10.6 Å². The summed E-state index contributed by atoms with van der Waals surface area (Å²) < 4.78 is 13.0. The van der Waals surface area contributed by atoms with Crippen LogP contribution >= 0.6 is 22.9 Å². The molecule has 2 amide bonds. The molecule has 3 aromatic rings. The Bertz CT molecular complexity index is 1000. The molecule has 0 fully saturated rings. The quantitative estimate of drug-likeness (QED) is 0.555. The molecule has 0 saturated carbocycles. The van der Waals surface area contributed by atoms with Gasteiger partial charge >= 0.3 is 0 Å². The van der Waals surface area contributed by atoms with Gasteiger partial charge in [-0.25, -0.2) is 9.37 Å². The normalized spacial score (nSPS) is 10.6. The molecule has 2 aromatic carbocycles. The van der Waals surface area contributed by atoms with E-state index < -0.39 is 0 Å². The van der Waals surface area contributed by atoms with Gasteiger partial charge in [0.15, 0.2) is 0 Å². The highest BCUT2D eigenvalue weighted by Crippen LogP contribution is 2.21. The minimum Gasteiger partial charge on any atom is -0.350 e. The van der Waals surface area contributed by atoms with Crippen LogP contribution in [0.25, 0.3) is 0 Å². The van der Waals surface area contributed by atoms with E-state index in [0.717, 1.165) is 10.6 Å². The molecule has 150 valence electrons. The Labute approximate surface area is 176 Å². The largest absolute Gasteiger partial charge is 0.350 e. The number of carbonyl (C=O) groups is 2. The maximum Gasteiger partial charge on any atom is 0.263 e. The molecule has 0 bridgehead atoms. The van der Waals surface area contributed by atoms with Gasteiger partial charge in [-0.15, -0.1) is 11.3 Å². The van der Waals surface area contributed by atoms with E-state index in [4.69, 9.17) is 11.6 Å². The third kappa shape index (κ3) is 5.85. The number of hydrogen-bond acceptors (Lipinski definition) is 4. The summed E-state index contributed by atoms with van der Waals surface area (Å²) in [5, 5.41) is 6.88. The molecule has 0 aliphatic heterocycles. The molecule has 0 spiro atoms. The van der Waals surface area contributed by atoms with Gasteiger partial charge in [0.05, 0.1) is 10.7 Å². The number of benzene rings is 2. The minimum absolute atomic E-state index is 0.230. The molecular formula is C21H19ClFN3O2S. The lowest BCUT2D eigenvalue weighted by Gasteiger charge is -2.07. The summed E-state index contributed by atoms with van der Waals surface area (Å²) in [6, 6.07) is 12.8. The van der Waals surface area contributed by atoms with Gasteiger partial charge in [-0.3, -0.25) is 9.59 Å². The van der Waals surface area contributed by atoms with Crippen molar-refractivity contribution >= 4 is 34.8 Å². The van der Waals surface area contributed by atoms with Crippen molar-refractivity contribution in [3.8, 4) is 0 Å². The fraction of sp³-hybridized carbons (Fsp3) is 0.190. The number of nitrogens with zero attached hydrogens (tertiary/aromatic N) is 1. The van der Waals surface area contributed by atoms with Crippen molar-refractivity contribution in [3.05, 3.63) is 86.1 Å². The number of rotatable bonds is 7. The zero-order valence-electron chi connectivity index (χ0n) is 15.7. The van der Waals surface area contributed by atoms with E-state index in [1.165, 1.54) is 23.5 Å². The summed E-state index contributed by atoms with van der Waals surface area (Å²) in [5.41, 5.74) is 2.08. The van der Waals surface area contributed by atoms with Gasteiger partial charge in [0.2, 0.25) is 0 Å². The lowest BCUT2D eigenvalue weighted by Crippen LogP contribution is -2.34. The Hall–Kier alpha value is -2.77. The summed E-state index contributed by atoms with van der Waals surface area (Å²) in [6.07, 6.45) is 0.538. The SMILES string of the molecule is Cc1nc(Cc2ccc(F)cc2)sc1C(=O)NCCNC(=O)c1ccc(Cl)cc1. The van der Waals surface area contributed by atoms with Gasteiger partial charge in [-0.05, 0) is 48.9 Å². The lowest BCUT2D eigenvalue weighted by atomic mass is 10.1. The van der Waals surface area contributed by atoms with E-state index in [1.807, 2.05) is 0 Å². The van der Waals surface area contributed by atoms with Crippen molar-refractivity contribution in [1.82, 2.24) is 15.6 Å². The van der Waals surface area contributed by atoms with Crippen LogP contribution in [0.5, 0.6) is 0 Å². The number of aromatic nitrogens is 1. The van der Waals surface area contributed by atoms with Crippen LogP contribution in [0.3, 0.4) is 0 Å². The summed E-state index contributed by atoms with van der Waals surface area (Å²) >= 11 is 7.12. The van der Waals surface area contributed by atoms with Crippen molar-refractivity contribution in [3.63, 3.8) is 0 Å². The van der Waals surface area contributed by atoms with Crippen molar-refractivity contribution in [2.75, 3.05) is 13.1 Å². The Kier molecular flexibility index (Phi) is 6.95. The smallest absolute Gasteiger partial charge is 0.263 e. The molecule has 29 heavy (non-hydrogen) atoms. The molecule has 0 saturated heterocycles. The molecule has 0 aliphatic rings. The zero-order valence-corrected chi connectivity index (χ0v) is 17.2. The number of hydrogen-bond donors (Lipinski definition) is 2. The van der Waals surface area contributed by atoms with Gasteiger partial charge in [-0.1, -0.05) is 23.7 Å². The Balaban J connectivity index is 1.49. The number of halogens is 2. The van der Waals surface area contributed by atoms with Crippen LogP contribution in [-0.4, -0.2) is 29.9 Å². The fourth-order valence-electron chi connectivity index (χ4n) is 2.65. The monoisotopic (exact) mass is 431 g/mol. The molecule has 0 aliphatic carbocycles. The predicted octanol–water partition coefficient (Wildman–Crippen LogP) is 3.99. The molecular weight excluding hydrogens is 413 g/mol. The summed E-state index contributed by atoms with van der Waals surface area (Å²) in [6.45, 7) is 2.37. The first kappa shape index (κ1) is 21.0. The maximum atomic E-state index is 13.0. The summed E-state index contributed by atoms with van der Waals surface area (Å²) in [4.78, 5) is 29.4. The zero-order chi connectivity index (χ0) is 20.8. The van der Waals surface area contributed by atoms with Crippen molar-refractivity contribution in [2.24, 2.45) is 0 Å². The number of amides is 2. The third-order valence-corrected chi connectivity index (χ3v) is 5.53. The van der Waals surface area contributed by atoms with E-state index in [2.05, 4.69) is 15.6 Å². The van der Waals surface area contributed by atoms with Gasteiger partial charge in [0.25, 0.3) is 11.8 Å². The molecule has 1 aromatic heterocycles. The van der Waals surface area contributed by atoms with Crippen molar-refractivity contribution in [2.45, 2.75) is 13.3 Å². The Morgan fingerprint density at radius 3 is 2.28 bits per heavy atom. The Morgan fingerprint density at radius 1 is 1.00 bits per heavy atom. The highest BCUT2D eigenvalue weighted by Gasteiger charge is 2.15. The molecule has 0 unspecified atom stereocenters. The summed E-state index contributed by atoms with van der Waals surface area (Å²) in [7, 11) is 0. The lowest BCUT2D eigenvalue weighted by molar-refractivity contribution is 0.0929. The standard InChI is InChI=1S/C21H19ClFN3O2S/c1-13-19(29-18(26-13)12-14-2-8-17(23)9-3-14)21(28)25-11-10-24-20(27)15-4-6-16(22)7-5-15/h2-9H,10-12H2,1H3,(H,24,27)(H,25,28). The Morgan fingerprint density at radius 2 is 1.62 bits per heavy atom. The fourth-order valence-corrected chi connectivity index (χ4v) is 3.79. The second-order valence-electron chi connectivity index (χ2n) is 6.34. The van der Waals surface area contributed by atoms with E-state index in [-0.39, 0.29) is 17.6 Å².